The molecule has 0 aromatic heterocycles. The Kier molecular flexibility index (Phi) is 1.43. The van der Waals surface area contributed by atoms with Crippen molar-refractivity contribution in [2.24, 2.45) is 0 Å². The highest BCUT2D eigenvalue weighted by atomic mass is 19.1. The summed E-state index contributed by atoms with van der Waals surface area (Å²) in [6, 6.07) is 6.58. The van der Waals surface area contributed by atoms with Crippen molar-refractivity contribution in [3.05, 3.63) is 41.3 Å². The molecule has 2 rings (SSSR count). The third-order valence-electron chi connectivity index (χ3n) is 2.25. The fourth-order valence-corrected chi connectivity index (χ4v) is 1.37. The lowest BCUT2D eigenvalue weighted by atomic mass is 10.2. The zero-order valence-electron chi connectivity index (χ0n) is 7.13. The van der Waals surface area contributed by atoms with Crippen LogP contribution in [0, 0.1) is 5.82 Å². The van der Waals surface area contributed by atoms with Gasteiger partial charge in [-0.2, -0.15) is 0 Å². The van der Waals surface area contributed by atoms with Gasteiger partial charge in [-0.1, -0.05) is 0 Å². The van der Waals surface area contributed by atoms with Crippen LogP contribution in [0.25, 0.3) is 5.70 Å². The molecule has 62 valence electrons. The van der Waals surface area contributed by atoms with E-state index >= 15 is 0 Å². The van der Waals surface area contributed by atoms with E-state index in [1.54, 1.807) is 12.1 Å². The van der Waals surface area contributed by atoms with Gasteiger partial charge in [0.05, 0.1) is 5.70 Å². The third kappa shape index (κ3) is 0.998. The molecule has 1 aliphatic rings. The Morgan fingerprint density at radius 2 is 1.67 bits per heavy atom. The van der Waals surface area contributed by atoms with Gasteiger partial charge in [-0.05, 0) is 31.2 Å². The van der Waals surface area contributed by atoms with Crippen LogP contribution in [0.15, 0.2) is 30.0 Å². The Bertz CT molecular complexity index is 337. The summed E-state index contributed by atoms with van der Waals surface area (Å²) < 4.78 is 12.5. The summed E-state index contributed by atoms with van der Waals surface area (Å²) in [5.41, 5.74) is 3.58. The first-order chi connectivity index (χ1) is 5.70. The molecule has 1 heterocycles. The van der Waals surface area contributed by atoms with E-state index in [-0.39, 0.29) is 5.82 Å². The van der Waals surface area contributed by atoms with Crippen molar-refractivity contribution in [3.63, 3.8) is 0 Å². The molecule has 1 aromatic carbocycles. The lowest BCUT2D eigenvalue weighted by Crippen LogP contribution is -1.88. The first kappa shape index (κ1) is 7.35. The van der Waals surface area contributed by atoms with Gasteiger partial charge in [0.1, 0.15) is 5.82 Å². The lowest BCUT2D eigenvalue weighted by Gasteiger charge is -1.96. The monoisotopic (exact) mass is 163 g/mol. The van der Waals surface area contributed by atoms with Crippen molar-refractivity contribution in [1.82, 2.24) is 4.90 Å². The fourth-order valence-electron chi connectivity index (χ4n) is 1.37. The zero-order chi connectivity index (χ0) is 8.72. The molecule has 0 spiro atoms. The van der Waals surface area contributed by atoms with Crippen LogP contribution in [-0.2, 0) is 0 Å². The minimum atomic E-state index is -0.180. The van der Waals surface area contributed by atoms with E-state index in [0.29, 0.717) is 0 Å². The van der Waals surface area contributed by atoms with Gasteiger partial charge < -0.3 is 4.90 Å². The second-order valence-electron chi connectivity index (χ2n) is 3.00. The van der Waals surface area contributed by atoms with Crippen LogP contribution in [0.2, 0.25) is 0 Å². The molecule has 12 heavy (non-hydrogen) atoms. The van der Waals surface area contributed by atoms with E-state index in [2.05, 4.69) is 11.8 Å². The Balaban J connectivity index is 2.32. The van der Waals surface area contributed by atoms with Crippen LogP contribution < -0.4 is 0 Å². The fraction of sp³-hybridized carbons (Fsp3) is 0.200. The molecular formula is C10H10FN. The number of rotatable bonds is 1. The first-order valence-electron chi connectivity index (χ1n) is 3.90. The standard InChI is InChI=1S/C10H10FN/c1-7-10(12(7)2)8-3-5-9(11)6-4-8/h3-6H,1-2H3. The van der Waals surface area contributed by atoms with Crippen LogP contribution in [0.1, 0.15) is 12.5 Å². The van der Waals surface area contributed by atoms with E-state index in [1.165, 1.54) is 23.5 Å². The summed E-state index contributed by atoms with van der Waals surface area (Å²) >= 11 is 0. The summed E-state index contributed by atoms with van der Waals surface area (Å²) in [6.45, 7) is 2.05. The van der Waals surface area contributed by atoms with Crippen molar-refractivity contribution in [2.45, 2.75) is 6.92 Å². The predicted octanol–water partition coefficient (Wildman–Crippen LogP) is 2.46. The van der Waals surface area contributed by atoms with Crippen molar-refractivity contribution in [2.75, 3.05) is 7.05 Å². The quantitative estimate of drug-likeness (QED) is 0.614. The topological polar surface area (TPSA) is 3.01 Å². The van der Waals surface area contributed by atoms with Gasteiger partial charge in [-0.15, -0.1) is 0 Å². The van der Waals surface area contributed by atoms with E-state index < -0.39 is 0 Å². The van der Waals surface area contributed by atoms with Crippen molar-refractivity contribution < 1.29 is 4.39 Å². The molecule has 1 nitrogen and oxygen atoms in total. The number of allylic oxidation sites excluding steroid dienone is 1. The highest BCUT2D eigenvalue weighted by molar-refractivity contribution is 5.78. The molecule has 2 heteroatoms. The predicted molar refractivity (Wildman–Crippen MR) is 46.8 cm³/mol. The maximum atomic E-state index is 12.5. The molecule has 0 fully saturated rings. The van der Waals surface area contributed by atoms with E-state index in [4.69, 9.17) is 0 Å². The normalized spacial score (nSPS) is 15.4. The van der Waals surface area contributed by atoms with Gasteiger partial charge in [0.15, 0.2) is 0 Å². The maximum Gasteiger partial charge on any atom is 0.123 e. The van der Waals surface area contributed by atoms with Crippen LogP contribution in [0.3, 0.4) is 0 Å². The Labute approximate surface area is 71.1 Å². The first-order valence-corrected chi connectivity index (χ1v) is 3.90. The second kappa shape index (κ2) is 2.34. The Hall–Kier alpha value is -1.31. The van der Waals surface area contributed by atoms with Crippen molar-refractivity contribution in [1.29, 1.82) is 0 Å². The smallest absolute Gasteiger partial charge is 0.123 e. The molecule has 0 atom stereocenters. The molecule has 0 saturated carbocycles. The number of hydrogen-bond donors (Lipinski definition) is 0. The molecule has 0 aliphatic carbocycles. The van der Waals surface area contributed by atoms with Crippen molar-refractivity contribution >= 4 is 5.70 Å². The number of nitrogens with zero attached hydrogens (tertiary/aromatic N) is 1. The summed E-state index contributed by atoms with van der Waals surface area (Å²) in [7, 11) is 2.01. The molecule has 0 amide bonds. The summed E-state index contributed by atoms with van der Waals surface area (Å²) in [4.78, 5) is 2.09. The minimum absolute atomic E-state index is 0.180. The number of benzene rings is 1. The Morgan fingerprint density at radius 3 is 2.08 bits per heavy atom. The molecule has 0 saturated heterocycles. The molecule has 0 radical (unpaired) electrons. The van der Waals surface area contributed by atoms with E-state index in [1.807, 2.05) is 7.05 Å². The number of hydrogen-bond acceptors (Lipinski definition) is 1. The summed E-state index contributed by atoms with van der Waals surface area (Å²) in [5.74, 6) is -0.180. The molecule has 0 bridgehead atoms. The van der Waals surface area contributed by atoms with Crippen molar-refractivity contribution in [3.8, 4) is 0 Å². The second-order valence-corrected chi connectivity index (χ2v) is 3.00. The van der Waals surface area contributed by atoms with Gasteiger partial charge >= 0.3 is 0 Å². The maximum absolute atomic E-state index is 12.5. The average Bonchev–Trinajstić information content (AvgIpc) is 2.63. The molecule has 0 N–H and O–H groups in total. The summed E-state index contributed by atoms with van der Waals surface area (Å²) in [6.07, 6.45) is 0. The van der Waals surface area contributed by atoms with Crippen LogP contribution in [0.5, 0.6) is 0 Å². The van der Waals surface area contributed by atoms with Gasteiger partial charge in [0.25, 0.3) is 0 Å². The Morgan fingerprint density at radius 1 is 1.17 bits per heavy atom. The highest BCUT2D eigenvalue weighted by Gasteiger charge is 2.25. The SMILES string of the molecule is CC1=C(c2ccc(F)cc2)N1C. The average molecular weight is 163 g/mol. The minimum Gasteiger partial charge on any atom is -0.345 e. The van der Waals surface area contributed by atoms with Crippen LogP contribution in [0.4, 0.5) is 4.39 Å². The molecular weight excluding hydrogens is 153 g/mol. The molecule has 1 aromatic rings. The largest absolute Gasteiger partial charge is 0.345 e. The highest BCUT2D eigenvalue weighted by Crippen LogP contribution is 2.37. The molecule has 1 aliphatic heterocycles. The van der Waals surface area contributed by atoms with E-state index in [0.717, 1.165) is 5.56 Å². The van der Waals surface area contributed by atoms with Crippen LogP contribution >= 0.6 is 0 Å². The third-order valence-corrected chi connectivity index (χ3v) is 2.25. The lowest BCUT2D eigenvalue weighted by molar-refractivity contribution is 0.627. The van der Waals surface area contributed by atoms with Gasteiger partial charge in [-0.3, -0.25) is 0 Å². The summed E-state index contributed by atoms with van der Waals surface area (Å²) in [5, 5.41) is 0. The number of halogens is 1. The van der Waals surface area contributed by atoms with Gasteiger partial charge in [0.2, 0.25) is 0 Å². The van der Waals surface area contributed by atoms with Gasteiger partial charge in [0, 0.05) is 18.3 Å². The van der Waals surface area contributed by atoms with E-state index in [9.17, 15) is 4.39 Å². The van der Waals surface area contributed by atoms with Gasteiger partial charge in [-0.25, -0.2) is 4.39 Å². The molecule has 0 unspecified atom stereocenters. The zero-order valence-corrected chi connectivity index (χ0v) is 7.13. The van der Waals surface area contributed by atoms with Crippen LogP contribution in [-0.4, -0.2) is 11.9 Å².